The number of hydrogen-bond acceptors (Lipinski definition) is 3. The van der Waals surface area contributed by atoms with Gasteiger partial charge in [0.1, 0.15) is 0 Å². The summed E-state index contributed by atoms with van der Waals surface area (Å²) in [6.07, 6.45) is 3.00. The van der Waals surface area contributed by atoms with E-state index in [1.807, 2.05) is 12.1 Å². The summed E-state index contributed by atoms with van der Waals surface area (Å²) in [6.45, 7) is 2.99. The van der Waals surface area contributed by atoms with Crippen LogP contribution in [0.5, 0.6) is 0 Å². The molecule has 0 radical (unpaired) electrons. The smallest absolute Gasteiger partial charge is 0.255 e. The Balaban J connectivity index is 1.86. The summed E-state index contributed by atoms with van der Waals surface area (Å²) in [7, 11) is 0. The van der Waals surface area contributed by atoms with Crippen LogP contribution in [0.3, 0.4) is 0 Å². The Hall–Kier alpha value is -1.07. The number of rotatable bonds is 5. The van der Waals surface area contributed by atoms with E-state index in [2.05, 4.69) is 16.5 Å². The zero-order chi connectivity index (χ0) is 18.7. The van der Waals surface area contributed by atoms with Crippen molar-refractivity contribution in [1.82, 2.24) is 0 Å². The van der Waals surface area contributed by atoms with Gasteiger partial charge in [0.05, 0.1) is 15.7 Å². The average molecular weight is 430 g/mol. The van der Waals surface area contributed by atoms with Gasteiger partial charge in [-0.25, -0.2) is 0 Å². The van der Waals surface area contributed by atoms with Gasteiger partial charge in [-0.15, -0.1) is 0 Å². The van der Waals surface area contributed by atoms with Gasteiger partial charge in [-0.3, -0.25) is 4.79 Å². The number of hydrogen-bond donors (Lipinski definition) is 1. The molecule has 1 aliphatic rings. The molecule has 26 heavy (non-hydrogen) atoms. The Morgan fingerprint density at radius 1 is 1.19 bits per heavy atom. The maximum absolute atomic E-state index is 12.7. The first-order valence-electron chi connectivity index (χ1n) is 8.48. The molecular formula is C19H19Cl3N2OS. The Morgan fingerprint density at radius 3 is 2.69 bits per heavy atom. The van der Waals surface area contributed by atoms with Crippen LogP contribution in [0.25, 0.3) is 0 Å². The van der Waals surface area contributed by atoms with Gasteiger partial charge in [-0.05, 0) is 60.7 Å². The van der Waals surface area contributed by atoms with E-state index in [0.717, 1.165) is 42.8 Å². The minimum atomic E-state index is -0.237. The number of carbonyl (C=O) groups excluding carboxylic acids is 1. The van der Waals surface area contributed by atoms with Crippen molar-refractivity contribution in [2.75, 3.05) is 21.9 Å². The van der Waals surface area contributed by atoms with Crippen LogP contribution in [0.2, 0.25) is 15.1 Å². The van der Waals surface area contributed by atoms with Gasteiger partial charge in [0.15, 0.2) is 0 Å². The topological polar surface area (TPSA) is 32.3 Å². The van der Waals surface area contributed by atoms with E-state index in [4.69, 9.17) is 34.8 Å². The molecule has 0 bridgehead atoms. The summed E-state index contributed by atoms with van der Waals surface area (Å²) in [5.41, 5.74) is 3.02. The first-order chi connectivity index (χ1) is 12.5. The fraction of sp³-hybridized carbons (Fsp3) is 0.316. The second kappa shape index (κ2) is 8.75. The third-order valence-electron chi connectivity index (χ3n) is 4.05. The van der Waals surface area contributed by atoms with Crippen molar-refractivity contribution in [3.8, 4) is 0 Å². The fourth-order valence-electron chi connectivity index (χ4n) is 2.88. The summed E-state index contributed by atoms with van der Waals surface area (Å²) in [5.74, 6) is 0.798. The van der Waals surface area contributed by atoms with Gasteiger partial charge in [0.25, 0.3) is 5.91 Å². The fourth-order valence-corrected chi connectivity index (χ4v) is 4.64. The van der Waals surface area contributed by atoms with Crippen LogP contribution in [0.15, 0.2) is 30.3 Å². The van der Waals surface area contributed by atoms with Crippen LogP contribution in [-0.2, 0) is 6.42 Å². The lowest BCUT2D eigenvalue weighted by atomic mass is 10.1. The number of anilines is 2. The minimum Gasteiger partial charge on any atom is -0.322 e. The summed E-state index contributed by atoms with van der Waals surface area (Å²) in [5, 5.41) is 4.37. The molecule has 0 atom stereocenters. The number of amides is 1. The van der Waals surface area contributed by atoms with Crippen LogP contribution in [-0.4, -0.2) is 18.2 Å². The van der Waals surface area contributed by atoms with E-state index >= 15 is 0 Å². The predicted octanol–water partition coefficient (Wildman–Crippen LogP) is 6.71. The third-order valence-corrected chi connectivity index (χ3v) is 6.22. The molecule has 2 aromatic rings. The van der Waals surface area contributed by atoms with E-state index in [1.54, 1.807) is 30.1 Å². The molecule has 0 aromatic heterocycles. The van der Waals surface area contributed by atoms with Crippen molar-refractivity contribution in [3.63, 3.8) is 0 Å². The minimum absolute atomic E-state index is 0.237. The van der Waals surface area contributed by atoms with Crippen LogP contribution in [0.1, 0.15) is 35.7 Å². The van der Waals surface area contributed by atoms with Crippen molar-refractivity contribution in [3.05, 3.63) is 56.5 Å². The van der Waals surface area contributed by atoms with E-state index in [0.29, 0.717) is 26.3 Å². The molecule has 138 valence electrons. The van der Waals surface area contributed by atoms with E-state index in [1.165, 1.54) is 0 Å². The molecule has 0 saturated carbocycles. The first kappa shape index (κ1) is 19.7. The molecule has 0 aliphatic carbocycles. The van der Waals surface area contributed by atoms with Crippen LogP contribution < -0.4 is 9.62 Å². The zero-order valence-electron chi connectivity index (χ0n) is 14.3. The van der Waals surface area contributed by atoms with Gasteiger partial charge in [-0.1, -0.05) is 48.1 Å². The third kappa shape index (κ3) is 4.61. The van der Waals surface area contributed by atoms with E-state index < -0.39 is 0 Å². The number of carbonyl (C=O) groups is 1. The molecular weight excluding hydrogens is 411 g/mol. The molecule has 1 amide bonds. The maximum Gasteiger partial charge on any atom is 0.255 e. The highest BCUT2D eigenvalue weighted by molar-refractivity contribution is 8.00. The Morgan fingerprint density at radius 2 is 2.00 bits per heavy atom. The lowest BCUT2D eigenvalue weighted by Crippen LogP contribution is -2.15. The second-order valence-electron chi connectivity index (χ2n) is 6.13. The highest BCUT2D eigenvalue weighted by atomic mass is 35.5. The first-order valence-corrected chi connectivity index (χ1v) is 10.6. The normalized spacial score (nSPS) is 13.9. The Kier molecular flexibility index (Phi) is 6.62. The molecule has 1 heterocycles. The van der Waals surface area contributed by atoms with Crippen LogP contribution in [0.4, 0.5) is 11.4 Å². The molecule has 0 spiro atoms. The zero-order valence-corrected chi connectivity index (χ0v) is 17.4. The SMILES string of the molecule is CCCc1cc(Cl)cc(NC(=O)c2cc(Cl)c(Cl)c(N3CCCS3)c2)c1. The molecule has 3 rings (SSSR count). The Bertz CT molecular complexity index is 823. The summed E-state index contributed by atoms with van der Waals surface area (Å²) in [6, 6.07) is 9.00. The van der Waals surface area contributed by atoms with Gasteiger partial charge >= 0.3 is 0 Å². The van der Waals surface area contributed by atoms with Crippen molar-refractivity contribution in [1.29, 1.82) is 0 Å². The number of nitrogens with one attached hydrogen (secondary N) is 1. The van der Waals surface area contributed by atoms with Crippen LogP contribution >= 0.6 is 46.8 Å². The number of halogens is 3. The highest BCUT2D eigenvalue weighted by Crippen LogP contribution is 2.39. The number of nitrogens with zero attached hydrogens (tertiary/aromatic N) is 1. The van der Waals surface area contributed by atoms with Crippen molar-refractivity contribution < 1.29 is 4.79 Å². The molecule has 1 fully saturated rings. The average Bonchev–Trinajstić information content (AvgIpc) is 3.11. The summed E-state index contributed by atoms with van der Waals surface area (Å²) in [4.78, 5) is 12.7. The number of aryl methyl sites for hydroxylation is 1. The maximum atomic E-state index is 12.7. The molecule has 1 N–H and O–H groups in total. The van der Waals surface area contributed by atoms with Gasteiger partial charge < -0.3 is 9.62 Å². The van der Waals surface area contributed by atoms with E-state index in [9.17, 15) is 4.79 Å². The highest BCUT2D eigenvalue weighted by Gasteiger charge is 2.21. The standard InChI is InChI=1S/C19H19Cl3N2OS/c1-2-4-12-7-14(20)11-15(8-12)23-19(25)13-9-16(21)18(22)17(10-13)24-5-3-6-26-24/h7-11H,2-6H2,1H3,(H,23,25). The monoisotopic (exact) mass is 428 g/mol. The molecule has 7 heteroatoms. The predicted molar refractivity (Wildman–Crippen MR) is 114 cm³/mol. The van der Waals surface area contributed by atoms with Crippen molar-refractivity contribution in [2.45, 2.75) is 26.2 Å². The Labute approximate surface area is 173 Å². The number of benzene rings is 2. The van der Waals surface area contributed by atoms with Crippen LogP contribution in [0, 0.1) is 0 Å². The lowest BCUT2D eigenvalue weighted by Gasteiger charge is -2.19. The molecule has 3 nitrogen and oxygen atoms in total. The molecule has 1 aliphatic heterocycles. The van der Waals surface area contributed by atoms with Gasteiger partial charge in [0.2, 0.25) is 0 Å². The second-order valence-corrected chi connectivity index (χ2v) is 8.46. The van der Waals surface area contributed by atoms with Crippen molar-refractivity contribution in [2.24, 2.45) is 0 Å². The largest absolute Gasteiger partial charge is 0.322 e. The molecule has 2 aromatic carbocycles. The quantitative estimate of drug-likeness (QED) is 0.536. The molecule has 0 unspecified atom stereocenters. The summed E-state index contributed by atoms with van der Waals surface area (Å²) >= 11 is 20.5. The van der Waals surface area contributed by atoms with E-state index in [-0.39, 0.29) is 5.91 Å². The molecule has 1 saturated heterocycles. The van der Waals surface area contributed by atoms with Gasteiger partial charge in [-0.2, -0.15) is 0 Å². The van der Waals surface area contributed by atoms with Gasteiger partial charge in [0, 0.05) is 28.6 Å². The lowest BCUT2D eigenvalue weighted by molar-refractivity contribution is 0.102. The summed E-state index contributed by atoms with van der Waals surface area (Å²) < 4.78 is 2.09. The van der Waals surface area contributed by atoms with Crippen molar-refractivity contribution >= 4 is 64.0 Å².